The maximum atomic E-state index is 12.3. The molecular formula is C20H19ClN2O2S. The van der Waals surface area contributed by atoms with Crippen molar-refractivity contribution in [2.24, 2.45) is 0 Å². The Balaban J connectivity index is 1.62. The lowest BCUT2D eigenvalue weighted by atomic mass is 10.1. The van der Waals surface area contributed by atoms with Crippen LogP contribution in [0.1, 0.15) is 19.4 Å². The molecule has 1 atom stereocenters. The molecule has 6 heteroatoms. The predicted molar refractivity (Wildman–Crippen MR) is 107 cm³/mol. The van der Waals surface area contributed by atoms with E-state index in [1.807, 2.05) is 17.5 Å². The Hall–Kier alpha value is -2.37. The number of nitrogens with one attached hydrogen (secondary N) is 1. The van der Waals surface area contributed by atoms with Crippen LogP contribution in [0.2, 0.25) is 5.02 Å². The zero-order valence-corrected chi connectivity index (χ0v) is 16.1. The summed E-state index contributed by atoms with van der Waals surface area (Å²) >= 11 is 7.24. The monoisotopic (exact) mass is 386 g/mol. The Morgan fingerprint density at radius 3 is 2.54 bits per heavy atom. The molecule has 0 bridgehead atoms. The largest absolute Gasteiger partial charge is 0.481 e. The molecule has 0 unspecified atom stereocenters. The van der Waals surface area contributed by atoms with Crippen molar-refractivity contribution in [2.75, 3.05) is 5.32 Å². The summed E-state index contributed by atoms with van der Waals surface area (Å²) in [5.74, 6) is 0.343. The molecule has 134 valence electrons. The maximum absolute atomic E-state index is 12.3. The van der Waals surface area contributed by atoms with Crippen LogP contribution in [0, 0.1) is 0 Å². The zero-order chi connectivity index (χ0) is 18.5. The van der Waals surface area contributed by atoms with Gasteiger partial charge in [-0.1, -0.05) is 42.8 Å². The molecule has 1 heterocycles. The van der Waals surface area contributed by atoms with Crippen molar-refractivity contribution in [1.29, 1.82) is 0 Å². The Morgan fingerprint density at radius 1 is 1.19 bits per heavy atom. The molecule has 0 fully saturated rings. The lowest BCUT2D eigenvalue weighted by molar-refractivity contribution is -0.122. The number of carbonyl (C=O) groups is 1. The van der Waals surface area contributed by atoms with Gasteiger partial charge in [0, 0.05) is 16.0 Å². The molecule has 0 saturated heterocycles. The number of carbonyl (C=O) groups excluding carboxylic acids is 1. The third kappa shape index (κ3) is 4.62. The van der Waals surface area contributed by atoms with E-state index in [2.05, 4.69) is 29.4 Å². The predicted octanol–water partition coefficient (Wildman–Crippen LogP) is 5.43. The van der Waals surface area contributed by atoms with E-state index in [0.717, 1.165) is 17.7 Å². The van der Waals surface area contributed by atoms with Gasteiger partial charge in [0.15, 0.2) is 11.2 Å². The molecule has 4 nitrogen and oxygen atoms in total. The van der Waals surface area contributed by atoms with Gasteiger partial charge in [0.05, 0.1) is 5.69 Å². The van der Waals surface area contributed by atoms with Crippen LogP contribution in [0.5, 0.6) is 5.75 Å². The first kappa shape index (κ1) is 18.4. The summed E-state index contributed by atoms with van der Waals surface area (Å²) in [6.07, 6.45) is 0.358. The Bertz CT molecular complexity index is 876. The highest BCUT2D eigenvalue weighted by Crippen LogP contribution is 2.25. The SMILES string of the molecule is CCc1ccc(-c2csc(NC(=O)[C@@H](C)Oc3ccc(Cl)cc3)n2)cc1. The minimum absolute atomic E-state index is 0.248. The maximum Gasteiger partial charge on any atom is 0.266 e. The Kier molecular flexibility index (Phi) is 5.91. The molecule has 2 aromatic carbocycles. The number of hydrogen-bond acceptors (Lipinski definition) is 4. The summed E-state index contributed by atoms with van der Waals surface area (Å²) in [4.78, 5) is 16.8. The van der Waals surface area contributed by atoms with Crippen LogP contribution in [-0.4, -0.2) is 17.0 Å². The van der Waals surface area contributed by atoms with E-state index in [1.165, 1.54) is 16.9 Å². The lowest BCUT2D eigenvalue weighted by Crippen LogP contribution is -2.30. The average Bonchev–Trinajstić information content (AvgIpc) is 3.12. The second-order valence-corrected chi connectivity index (χ2v) is 7.09. The van der Waals surface area contributed by atoms with Crippen molar-refractivity contribution in [2.45, 2.75) is 26.4 Å². The Morgan fingerprint density at radius 2 is 1.88 bits per heavy atom. The van der Waals surface area contributed by atoms with E-state index in [4.69, 9.17) is 16.3 Å². The van der Waals surface area contributed by atoms with Crippen LogP contribution in [0.15, 0.2) is 53.9 Å². The fraction of sp³-hybridized carbons (Fsp3) is 0.200. The summed E-state index contributed by atoms with van der Waals surface area (Å²) in [5, 5.41) is 5.91. The molecule has 0 aliphatic carbocycles. The summed E-state index contributed by atoms with van der Waals surface area (Å²) in [6.45, 7) is 3.82. The minimum Gasteiger partial charge on any atom is -0.481 e. The third-order valence-corrected chi connectivity index (χ3v) is 4.90. The standard InChI is InChI=1S/C20H19ClN2O2S/c1-3-14-4-6-15(7-5-14)18-12-26-20(22-18)23-19(24)13(2)25-17-10-8-16(21)9-11-17/h4-13H,3H2,1-2H3,(H,22,23,24)/t13-/m1/s1. The van der Waals surface area contributed by atoms with Crippen molar-refractivity contribution < 1.29 is 9.53 Å². The highest BCUT2D eigenvalue weighted by molar-refractivity contribution is 7.14. The van der Waals surface area contributed by atoms with Crippen molar-refractivity contribution in [1.82, 2.24) is 4.98 Å². The molecule has 0 aliphatic heterocycles. The minimum atomic E-state index is -0.646. The molecular weight excluding hydrogens is 368 g/mol. The van der Waals surface area contributed by atoms with Gasteiger partial charge in [0.1, 0.15) is 5.75 Å². The van der Waals surface area contributed by atoms with Crippen molar-refractivity contribution in [3.05, 3.63) is 64.5 Å². The van der Waals surface area contributed by atoms with E-state index in [1.54, 1.807) is 31.2 Å². The quantitative estimate of drug-likeness (QED) is 0.614. The van der Waals surface area contributed by atoms with Gasteiger partial charge in [0.25, 0.3) is 5.91 Å². The van der Waals surface area contributed by atoms with Crippen LogP contribution in [-0.2, 0) is 11.2 Å². The van der Waals surface area contributed by atoms with Crippen LogP contribution in [0.4, 0.5) is 5.13 Å². The van der Waals surface area contributed by atoms with E-state index in [0.29, 0.717) is 15.9 Å². The van der Waals surface area contributed by atoms with Gasteiger partial charge in [-0.3, -0.25) is 10.1 Å². The van der Waals surface area contributed by atoms with Crippen LogP contribution in [0.25, 0.3) is 11.3 Å². The molecule has 1 amide bonds. The van der Waals surface area contributed by atoms with Gasteiger partial charge < -0.3 is 4.74 Å². The van der Waals surface area contributed by atoms with Crippen LogP contribution >= 0.6 is 22.9 Å². The molecule has 0 radical (unpaired) electrons. The summed E-state index contributed by atoms with van der Waals surface area (Å²) in [5.41, 5.74) is 3.16. The highest BCUT2D eigenvalue weighted by Gasteiger charge is 2.16. The number of ether oxygens (including phenoxy) is 1. The number of rotatable bonds is 6. The van der Waals surface area contributed by atoms with E-state index >= 15 is 0 Å². The summed E-state index contributed by atoms with van der Waals surface area (Å²) < 4.78 is 5.63. The summed E-state index contributed by atoms with van der Waals surface area (Å²) in [7, 11) is 0. The highest BCUT2D eigenvalue weighted by atomic mass is 35.5. The molecule has 3 aromatic rings. The topological polar surface area (TPSA) is 51.2 Å². The number of halogens is 1. The first-order valence-corrected chi connectivity index (χ1v) is 9.59. The van der Waals surface area contributed by atoms with E-state index in [9.17, 15) is 4.79 Å². The van der Waals surface area contributed by atoms with Gasteiger partial charge in [-0.05, 0) is 43.2 Å². The molecule has 3 rings (SSSR count). The average molecular weight is 387 g/mol. The number of hydrogen-bond donors (Lipinski definition) is 1. The smallest absolute Gasteiger partial charge is 0.266 e. The lowest BCUT2D eigenvalue weighted by Gasteiger charge is -2.13. The van der Waals surface area contributed by atoms with E-state index < -0.39 is 6.10 Å². The molecule has 0 saturated carbocycles. The fourth-order valence-corrected chi connectivity index (χ4v) is 3.20. The van der Waals surface area contributed by atoms with Crippen LogP contribution in [0.3, 0.4) is 0 Å². The van der Waals surface area contributed by atoms with Crippen molar-refractivity contribution in [3.63, 3.8) is 0 Å². The van der Waals surface area contributed by atoms with Gasteiger partial charge in [-0.15, -0.1) is 11.3 Å². The number of amides is 1. The van der Waals surface area contributed by atoms with Gasteiger partial charge in [-0.25, -0.2) is 4.98 Å². The van der Waals surface area contributed by atoms with E-state index in [-0.39, 0.29) is 5.91 Å². The zero-order valence-electron chi connectivity index (χ0n) is 14.5. The van der Waals surface area contributed by atoms with Gasteiger partial charge in [0.2, 0.25) is 0 Å². The first-order chi connectivity index (χ1) is 12.5. The molecule has 0 spiro atoms. The third-order valence-electron chi connectivity index (χ3n) is 3.89. The Labute approximate surface area is 161 Å². The van der Waals surface area contributed by atoms with Gasteiger partial charge in [-0.2, -0.15) is 0 Å². The first-order valence-electron chi connectivity index (χ1n) is 8.33. The second kappa shape index (κ2) is 8.34. The fourth-order valence-electron chi connectivity index (χ4n) is 2.35. The van der Waals surface area contributed by atoms with Gasteiger partial charge >= 0.3 is 0 Å². The molecule has 0 aliphatic rings. The number of aryl methyl sites for hydroxylation is 1. The summed E-state index contributed by atoms with van der Waals surface area (Å²) in [6, 6.07) is 15.2. The molecule has 26 heavy (non-hydrogen) atoms. The number of benzene rings is 2. The van der Waals surface area contributed by atoms with Crippen LogP contribution < -0.4 is 10.1 Å². The number of nitrogens with zero attached hydrogens (tertiary/aromatic N) is 1. The van der Waals surface area contributed by atoms with Crippen molar-refractivity contribution >= 4 is 34.0 Å². The molecule has 1 aromatic heterocycles. The molecule has 1 N–H and O–H groups in total. The second-order valence-electron chi connectivity index (χ2n) is 5.79. The number of aromatic nitrogens is 1. The van der Waals surface area contributed by atoms with Crippen molar-refractivity contribution in [3.8, 4) is 17.0 Å². The normalized spacial score (nSPS) is 11.8. The number of anilines is 1. The number of thiazole rings is 1.